The number of amides is 1. The molecule has 0 aliphatic rings. The number of benzene rings is 2. The molecule has 0 aromatic heterocycles. The van der Waals surface area contributed by atoms with Crippen LogP contribution in [-0.4, -0.2) is 11.9 Å². The van der Waals surface area contributed by atoms with Crippen LogP contribution >= 0.6 is 0 Å². The molecule has 0 aliphatic heterocycles. The number of hydrogen-bond donors (Lipinski definition) is 2. The van der Waals surface area contributed by atoms with Crippen LogP contribution in [0, 0.1) is 12.7 Å². The van der Waals surface area contributed by atoms with E-state index in [0.717, 1.165) is 11.1 Å². The van der Waals surface area contributed by atoms with Crippen molar-refractivity contribution in [1.82, 2.24) is 5.32 Å². The van der Waals surface area contributed by atoms with E-state index < -0.39 is 11.9 Å². The highest BCUT2D eigenvalue weighted by Gasteiger charge is 2.09. The van der Waals surface area contributed by atoms with Crippen molar-refractivity contribution in [1.29, 1.82) is 0 Å². The molecule has 0 heterocycles. The molecule has 23 heavy (non-hydrogen) atoms. The summed E-state index contributed by atoms with van der Waals surface area (Å²) < 4.78 is 19.4. The molecule has 2 aromatic rings. The lowest BCUT2D eigenvalue weighted by molar-refractivity contribution is -0.119. The first-order valence-electron chi connectivity index (χ1n) is 7.46. The first-order chi connectivity index (χ1) is 11.0. The Labute approximate surface area is 135 Å². The van der Waals surface area contributed by atoms with Crippen molar-refractivity contribution < 1.29 is 13.9 Å². The SMILES string of the molecule is Cc1ccc(CNC(C)C(N)=O)cc1OCc1ccccc1F. The topological polar surface area (TPSA) is 64.3 Å². The molecule has 1 atom stereocenters. The van der Waals surface area contributed by atoms with Gasteiger partial charge in [0, 0.05) is 12.1 Å². The summed E-state index contributed by atoms with van der Waals surface area (Å²) >= 11 is 0. The van der Waals surface area contributed by atoms with E-state index in [-0.39, 0.29) is 12.4 Å². The Hall–Kier alpha value is -2.40. The van der Waals surface area contributed by atoms with Crippen molar-refractivity contribution in [3.63, 3.8) is 0 Å². The van der Waals surface area contributed by atoms with Crippen LogP contribution in [0.15, 0.2) is 42.5 Å². The lowest BCUT2D eigenvalue weighted by Crippen LogP contribution is -2.38. The van der Waals surface area contributed by atoms with Crippen LogP contribution in [0.1, 0.15) is 23.6 Å². The predicted molar refractivity (Wildman–Crippen MR) is 87.4 cm³/mol. The molecule has 3 N–H and O–H groups in total. The van der Waals surface area contributed by atoms with Gasteiger partial charge < -0.3 is 15.8 Å². The van der Waals surface area contributed by atoms with Gasteiger partial charge in [0.25, 0.3) is 0 Å². The maximum Gasteiger partial charge on any atom is 0.234 e. The summed E-state index contributed by atoms with van der Waals surface area (Å²) in [6.45, 7) is 4.31. The number of nitrogens with two attached hydrogens (primary N) is 1. The quantitative estimate of drug-likeness (QED) is 0.825. The standard InChI is InChI=1S/C18H21FN2O2/c1-12-7-8-14(10-21-13(2)18(20)22)9-17(12)23-11-15-5-3-4-6-16(15)19/h3-9,13,21H,10-11H2,1-2H3,(H2,20,22). The maximum absolute atomic E-state index is 13.6. The van der Waals surface area contributed by atoms with Crippen molar-refractivity contribution >= 4 is 5.91 Å². The molecule has 5 heteroatoms. The minimum Gasteiger partial charge on any atom is -0.489 e. The van der Waals surface area contributed by atoms with E-state index in [1.165, 1.54) is 6.07 Å². The molecule has 4 nitrogen and oxygen atoms in total. The monoisotopic (exact) mass is 316 g/mol. The second-order valence-electron chi connectivity index (χ2n) is 5.48. The van der Waals surface area contributed by atoms with E-state index >= 15 is 0 Å². The van der Waals surface area contributed by atoms with Crippen molar-refractivity contribution in [2.75, 3.05) is 0 Å². The van der Waals surface area contributed by atoms with E-state index in [2.05, 4.69) is 5.32 Å². The molecule has 0 aliphatic carbocycles. The van der Waals surface area contributed by atoms with E-state index in [1.807, 2.05) is 25.1 Å². The average Bonchev–Trinajstić information content (AvgIpc) is 2.53. The highest BCUT2D eigenvalue weighted by Crippen LogP contribution is 2.21. The number of carbonyl (C=O) groups is 1. The molecule has 0 saturated heterocycles. The third kappa shape index (κ3) is 4.79. The molecule has 1 amide bonds. The summed E-state index contributed by atoms with van der Waals surface area (Å²) in [5.41, 5.74) is 7.66. The highest BCUT2D eigenvalue weighted by atomic mass is 19.1. The van der Waals surface area contributed by atoms with Gasteiger partial charge in [0.05, 0.1) is 6.04 Å². The molecule has 2 aromatic carbocycles. The number of ether oxygens (including phenoxy) is 1. The van der Waals surface area contributed by atoms with Crippen LogP contribution in [0.2, 0.25) is 0 Å². The molecule has 0 saturated carbocycles. The minimum absolute atomic E-state index is 0.169. The fourth-order valence-electron chi connectivity index (χ4n) is 2.05. The Balaban J connectivity index is 2.03. The van der Waals surface area contributed by atoms with Crippen LogP contribution < -0.4 is 15.8 Å². The van der Waals surface area contributed by atoms with Gasteiger partial charge in [-0.2, -0.15) is 0 Å². The summed E-state index contributed by atoms with van der Waals surface area (Å²) in [4.78, 5) is 11.0. The number of primary amides is 1. The molecule has 1 unspecified atom stereocenters. The van der Waals surface area contributed by atoms with Gasteiger partial charge in [-0.25, -0.2) is 4.39 Å². The second kappa shape index (κ2) is 7.74. The summed E-state index contributed by atoms with van der Waals surface area (Å²) in [5.74, 6) is 0.0191. The number of nitrogens with one attached hydrogen (secondary N) is 1. The third-order valence-electron chi connectivity index (χ3n) is 3.63. The molecule has 0 radical (unpaired) electrons. The Morgan fingerprint density at radius 3 is 2.74 bits per heavy atom. The third-order valence-corrected chi connectivity index (χ3v) is 3.63. The maximum atomic E-state index is 13.6. The minimum atomic E-state index is -0.404. The number of aryl methyl sites for hydroxylation is 1. The van der Waals surface area contributed by atoms with E-state index in [1.54, 1.807) is 25.1 Å². The van der Waals surface area contributed by atoms with Crippen LogP contribution in [0.25, 0.3) is 0 Å². The van der Waals surface area contributed by atoms with Crippen LogP contribution in [-0.2, 0) is 17.9 Å². The highest BCUT2D eigenvalue weighted by molar-refractivity contribution is 5.79. The number of hydrogen-bond acceptors (Lipinski definition) is 3. The zero-order chi connectivity index (χ0) is 16.8. The first-order valence-corrected chi connectivity index (χ1v) is 7.46. The summed E-state index contributed by atoms with van der Waals surface area (Å²) in [5, 5.41) is 3.04. The zero-order valence-corrected chi connectivity index (χ0v) is 13.3. The summed E-state index contributed by atoms with van der Waals surface area (Å²) in [7, 11) is 0. The van der Waals surface area contributed by atoms with Gasteiger partial charge >= 0.3 is 0 Å². The summed E-state index contributed by atoms with van der Waals surface area (Å²) in [6, 6.07) is 11.9. The van der Waals surface area contributed by atoms with E-state index in [0.29, 0.717) is 17.9 Å². The fraction of sp³-hybridized carbons (Fsp3) is 0.278. The molecule has 122 valence electrons. The lowest BCUT2D eigenvalue weighted by atomic mass is 10.1. The molecule has 0 fully saturated rings. The van der Waals surface area contributed by atoms with Crippen LogP contribution in [0.4, 0.5) is 4.39 Å². The normalized spacial score (nSPS) is 12.0. The van der Waals surface area contributed by atoms with Gasteiger partial charge in [-0.15, -0.1) is 0 Å². The van der Waals surface area contributed by atoms with Gasteiger partial charge in [0.15, 0.2) is 0 Å². The lowest BCUT2D eigenvalue weighted by Gasteiger charge is -2.13. The van der Waals surface area contributed by atoms with Crippen LogP contribution in [0.5, 0.6) is 5.75 Å². The van der Waals surface area contributed by atoms with Gasteiger partial charge in [0.2, 0.25) is 5.91 Å². The van der Waals surface area contributed by atoms with Gasteiger partial charge in [-0.3, -0.25) is 4.79 Å². The number of carbonyl (C=O) groups excluding carboxylic acids is 1. The van der Waals surface area contributed by atoms with Crippen molar-refractivity contribution in [2.24, 2.45) is 5.73 Å². The predicted octanol–water partition coefficient (Wildman–Crippen LogP) is 2.68. The molecule has 2 rings (SSSR count). The Kier molecular flexibility index (Phi) is 5.71. The van der Waals surface area contributed by atoms with Crippen molar-refractivity contribution in [3.8, 4) is 5.75 Å². The van der Waals surface area contributed by atoms with Crippen molar-refractivity contribution in [2.45, 2.75) is 33.0 Å². The van der Waals surface area contributed by atoms with Gasteiger partial charge in [-0.1, -0.05) is 30.3 Å². The molecule has 0 spiro atoms. The molecule has 0 bridgehead atoms. The fourth-order valence-corrected chi connectivity index (χ4v) is 2.05. The van der Waals surface area contributed by atoms with Gasteiger partial charge in [0.1, 0.15) is 18.2 Å². The van der Waals surface area contributed by atoms with Gasteiger partial charge in [-0.05, 0) is 37.1 Å². The number of rotatable bonds is 7. The average molecular weight is 316 g/mol. The number of halogens is 1. The Bertz CT molecular complexity index is 688. The second-order valence-corrected chi connectivity index (χ2v) is 5.48. The smallest absolute Gasteiger partial charge is 0.234 e. The largest absolute Gasteiger partial charge is 0.489 e. The Morgan fingerprint density at radius 1 is 1.30 bits per heavy atom. The summed E-state index contributed by atoms with van der Waals surface area (Å²) in [6.07, 6.45) is 0. The van der Waals surface area contributed by atoms with Crippen LogP contribution in [0.3, 0.4) is 0 Å². The van der Waals surface area contributed by atoms with E-state index in [4.69, 9.17) is 10.5 Å². The first kappa shape index (κ1) is 17.0. The molecular formula is C18H21FN2O2. The molecular weight excluding hydrogens is 295 g/mol. The Morgan fingerprint density at radius 2 is 2.04 bits per heavy atom. The van der Waals surface area contributed by atoms with Crippen molar-refractivity contribution in [3.05, 3.63) is 65.0 Å². The van der Waals surface area contributed by atoms with E-state index in [9.17, 15) is 9.18 Å². The zero-order valence-electron chi connectivity index (χ0n) is 13.3.